The van der Waals surface area contributed by atoms with Gasteiger partial charge in [0.05, 0.1) is 0 Å². The molecule has 0 aliphatic carbocycles. The Kier molecular flexibility index (Phi) is 9.14. The highest BCUT2D eigenvalue weighted by Crippen LogP contribution is 2.20. The van der Waals surface area contributed by atoms with Crippen LogP contribution in [0, 0.1) is 0 Å². The molecule has 0 aliphatic rings. The number of aliphatic carboxylic acids is 1. The number of hydrogen-bond donors (Lipinski definition) is 2. The number of hydrogen-bond acceptors (Lipinski definition) is 3. The first kappa shape index (κ1) is 20.4. The van der Waals surface area contributed by atoms with Gasteiger partial charge in [0.15, 0.2) is 0 Å². The van der Waals surface area contributed by atoms with Crippen molar-refractivity contribution < 1.29 is 9.90 Å². The molecular formula is C17H36N2O2. The molecule has 0 fully saturated rings. The fourth-order valence-electron chi connectivity index (χ4n) is 3.09. The predicted molar refractivity (Wildman–Crippen MR) is 89.8 cm³/mol. The highest BCUT2D eigenvalue weighted by atomic mass is 16.4. The van der Waals surface area contributed by atoms with Crippen molar-refractivity contribution in [1.29, 1.82) is 0 Å². The third-order valence-corrected chi connectivity index (χ3v) is 4.03. The van der Waals surface area contributed by atoms with Crippen molar-refractivity contribution in [1.82, 2.24) is 10.2 Å². The van der Waals surface area contributed by atoms with Gasteiger partial charge in [-0.05, 0) is 60.9 Å². The molecule has 4 heteroatoms. The summed E-state index contributed by atoms with van der Waals surface area (Å²) in [5, 5.41) is 12.8. The highest BCUT2D eigenvalue weighted by Gasteiger charge is 2.36. The molecule has 0 bridgehead atoms. The first-order chi connectivity index (χ1) is 9.64. The molecule has 0 aromatic heterocycles. The minimum absolute atomic E-state index is 0.158. The zero-order valence-corrected chi connectivity index (χ0v) is 15.1. The second kappa shape index (κ2) is 9.42. The van der Waals surface area contributed by atoms with Crippen LogP contribution in [0.2, 0.25) is 0 Å². The number of carbonyl (C=O) groups is 1. The summed E-state index contributed by atoms with van der Waals surface area (Å²) in [4.78, 5) is 14.1. The smallest absolute Gasteiger partial charge is 0.323 e. The van der Waals surface area contributed by atoms with E-state index >= 15 is 0 Å². The van der Waals surface area contributed by atoms with Crippen LogP contribution in [0.1, 0.15) is 74.1 Å². The quantitative estimate of drug-likeness (QED) is 0.573. The minimum Gasteiger partial charge on any atom is -0.480 e. The maximum absolute atomic E-state index is 11.7. The van der Waals surface area contributed by atoms with Crippen LogP contribution in [0.3, 0.4) is 0 Å². The van der Waals surface area contributed by atoms with Crippen LogP contribution < -0.4 is 5.32 Å². The van der Waals surface area contributed by atoms with Gasteiger partial charge in [-0.3, -0.25) is 15.0 Å². The van der Waals surface area contributed by atoms with Crippen molar-refractivity contribution in [2.45, 2.75) is 97.8 Å². The van der Waals surface area contributed by atoms with E-state index in [1.807, 2.05) is 13.8 Å². The summed E-state index contributed by atoms with van der Waals surface area (Å²) in [6.45, 7) is 15.6. The van der Waals surface area contributed by atoms with Gasteiger partial charge in [-0.15, -0.1) is 0 Å². The first-order valence-electron chi connectivity index (χ1n) is 8.40. The molecular weight excluding hydrogens is 264 g/mol. The Labute approximate surface area is 131 Å². The van der Waals surface area contributed by atoms with E-state index in [0.717, 1.165) is 6.54 Å². The summed E-state index contributed by atoms with van der Waals surface area (Å²) in [7, 11) is 0. The molecule has 0 radical (unpaired) electrons. The molecule has 21 heavy (non-hydrogen) atoms. The van der Waals surface area contributed by atoms with E-state index in [0.29, 0.717) is 12.5 Å². The number of rotatable bonds is 11. The van der Waals surface area contributed by atoms with Gasteiger partial charge in [-0.1, -0.05) is 19.8 Å². The molecule has 0 amide bonds. The lowest BCUT2D eigenvalue weighted by molar-refractivity contribution is -0.145. The standard InChI is InChI=1S/C17H36N2O2/c1-8-9-10-11-19(14(4)5)15(6)12-17(7,16(20)21)18-13(2)3/h13-15,18H,8-12H2,1-7H3,(H,20,21). The van der Waals surface area contributed by atoms with Crippen LogP contribution in [0.4, 0.5) is 0 Å². The van der Waals surface area contributed by atoms with Gasteiger partial charge in [0.25, 0.3) is 0 Å². The van der Waals surface area contributed by atoms with Crippen LogP contribution in [0.5, 0.6) is 0 Å². The Balaban J connectivity index is 4.82. The lowest BCUT2D eigenvalue weighted by Gasteiger charge is -2.38. The monoisotopic (exact) mass is 300 g/mol. The van der Waals surface area contributed by atoms with Crippen LogP contribution in [-0.2, 0) is 4.79 Å². The Morgan fingerprint density at radius 1 is 1.19 bits per heavy atom. The topological polar surface area (TPSA) is 52.6 Å². The van der Waals surface area contributed by atoms with Crippen LogP contribution in [-0.4, -0.2) is 46.2 Å². The van der Waals surface area contributed by atoms with Gasteiger partial charge >= 0.3 is 5.97 Å². The maximum atomic E-state index is 11.7. The van der Waals surface area contributed by atoms with E-state index in [2.05, 4.69) is 37.9 Å². The molecule has 0 saturated heterocycles. The second-order valence-corrected chi connectivity index (χ2v) is 7.03. The summed E-state index contributed by atoms with van der Waals surface area (Å²) in [5.41, 5.74) is -0.870. The average molecular weight is 300 g/mol. The Morgan fingerprint density at radius 2 is 1.76 bits per heavy atom. The number of carboxylic acids is 1. The van der Waals surface area contributed by atoms with Gasteiger partial charge in [-0.25, -0.2) is 0 Å². The molecule has 2 atom stereocenters. The van der Waals surface area contributed by atoms with Gasteiger partial charge in [0.1, 0.15) is 5.54 Å². The molecule has 4 nitrogen and oxygen atoms in total. The second-order valence-electron chi connectivity index (χ2n) is 7.03. The van der Waals surface area contributed by atoms with E-state index in [4.69, 9.17) is 0 Å². The van der Waals surface area contributed by atoms with E-state index in [-0.39, 0.29) is 12.1 Å². The third-order valence-electron chi connectivity index (χ3n) is 4.03. The molecule has 0 aliphatic heterocycles. The van der Waals surface area contributed by atoms with Crippen molar-refractivity contribution in [3.05, 3.63) is 0 Å². The fourth-order valence-corrected chi connectivity index (χ4v) is 3.09. The Bertz CT molecular complexity index is 305. The molecule has 0 aromatic rings. The SMILES string of the molecule is CCCCCN(C(C)C)C(C)CC(C)(NC(C)C)C(=O)O. The van der Waals surface area contributed by atoms with Crippen molar-refractivity contribution in [2.75, 3.05) is 6.54 Å². The van der Waals surface area contributed by atoms with Crippen molar-refractivity contribution in [3.8, 4) is 0 Å². The molecule has 126 valence electrons. The van der Waals surface area contributed by atoms with Crippen molar-refractivity contribution in [3.63, 3.8) is 0 Å². The van der Waals surface area contributed by atoms with Crippen LogP contribution in [0.25, 0.3) is 0 Å². The van der Waals surface area contributed by atoms with Crippen molar-refractivity contribution in [2.24, 2.45) is 0 Å². The number of nitrogens with zero attached hydrogens (tertiary/aromatic N) is 1. The molecule has 2 unspecified atom stereocenters. The van der Waals surface area contributed by atoms with E-state index in [1.165, 1.54) is 19.3 Å². The molecule has 0 saturated carbocycles. The summed E-state index contributed by atoms with van der Waals surface area (Å²) in [6, 6.07) is 0.842. The Morgan fingerprint density at radius 3 is 2.14 bits per heavy atom. The number of unbranched alkanes of at least 4 members (excludes halogenated alkanes) is 2. The lowest BCUT2D eigenvalue weighted by atomic mass is 9.91. The van der Waals surface area contributed by atoms with E-state index in [1.54, 1.807) is 6.92 Å². The lowest BCUT2D eigenvalue weighted by Crippen LogP contribution is -2.56. The van der Waals surface area contributed by atoms with Gasteiger partial charge in [0, 0.05) is 18.1 Å². The van der Waals surface area contributed by atoms with E-state index in [9.17, 15) is 9.90 Å². The molecule has 0 heterocycles. The molecule has 0 spiro atoms. The van der Waals surface area contributed by atoms with Gasteiger partial charge < -0.3 is 5.11 Å². The first-order valence-corrected chi connectivity index (χ1v) is 8.40. The summed E-state index contributed by atoms with van der Waals surface area (Å²) < 4.78 is 0. The maximum Gasteiger partial charge on any atom is 0.323 e. The predicted octanol–water partition coefficient (Wildman–Crippen LogP) is 3.51. The van der Waals surface area contributed by atoms with Crippen molar-refractivity contribution >= 4 is 5.97 Å². The van der Waals surface area contributed by atoms with Gasteiger partial charge in [-0.2, -0.15) is 0 Å². The normalized spacial score (nSPS) is 16.5. The largest absolute Gasteiger partial charge is 0.480 e. The zero-order chi connectivity index (χ0) is 16.6. The Hall–Kier alpha value is -0.610. The summed E-state index contributed by atoms with van der Waals surface area (Å²) in [5.74, 6) is -0.764. The summed E-state index contributed by atoms with van der Waals surface area (Å²) in [6.07, 6.45) is 4.24. The average Bonchev–Trinajstić information content (AvgIpc) is 2.32. The minimum atomic E-state index is -0.870. The molecule has 0 rings (SSSR count). The van der Waals surface area contributed by atoms with Crippen LogP contribution >= 0.6 is 0 Å². The molecule has 2 N–H and O–H groups in total. The third kappa shape index (κ3) is 7.28. The van der Waals surface area contributed by atoms with Crippen LogP contribution in [0.15, 0.2) is 0 Å². The number of nitrogens with one attached hydrogen (secondary N) is 1. The fraction of sp³-hybridized carbons (Fsp3) is 0.941. The summed E-state index contributed by atoms with van der Waals surface area (Å²) >= 11 is 0. The van der Waals surface area contributed by atoms with E-state index < -0.39 is 11.5 Å². The van der Waals surface area contributed by atoms with Gasteiger partial charge in [0.2, 0.25) is 0 Å². The highest BCUT2D eigenvalue weighted by molar-refractivity contribution is 5.78. The zero-order valence-electron chi connectivity index (χ0n) is 15.1. The molecule has 0 aromatic carbocycles. The number of carboxylic acid groups (broad SMARTS) is 1.